The lowest BCUT2D eigenvalue weighted by molar-refractivity contribution is 0.0246. The van der Waals surface area contributed by atoms with E-state index >= 15 is 0 Å². The van der Waals surface area contributed by atoms with Crippen LogP contribution in [0.2, 0.25) is 10.0 Å². The van der Waals surface area contributed by atoms with Crippen LogP contribution in [0, 0.1) is 12.8 Å². The van der Waals surface area contributed by atoms with E-state index < -0.39 is 29.9 Å². The number of halogens is 2. The average Bonchev–Trinajstić information content (AvgIpc) is 3.85. The van der Waals surface area contributed by atoms with Crippen molar-refractivity contribution in [2.75, 3.05) is 46.8 Å². The number of amides is 2. The van der Waals surface area contributed by atoms with Gasteiger partial charge in [0.15, 0.2) is 0 Å². The molecule has 6 N–H and O–H groups in total. The second kappa shape index (κ2) is 24.3. The van der Waals surface area contributed by atoms with Crippen LogP contribution >= 0.6 is 23.2 Å². The number of hydrogen-bond acceptors (Lipinski definition) is 10. The maximum Gasteiger partial charge on any atom is 0.333 e. The van der Waals surface area contributed by atoms with Gasteiger partial charge in [0.25, 0.3) is 11.8 Å². The van der Waals surface area contributed by atoms with E-state index in [1.165, 1.54) is 13.7 Å². The highest BCUT2D eigenvalue weighted by Crippen LogP contribution is 2.28. The molecule has 1 aliphatic heterocycles. The van der Waals surface area contributed by atoms with Gasteiger partial charge >= 0.3 is 11.4 Å². The first-order valence-corrected chi connectivity index (χ1v) is 24.7. The van der Waals surface area contributed by atoms with Crippen LogP contribution in [0.1, 0.15) is 116 Å². The molecule has 1 saturated heterocycles. The summed E-state index contributed by atoms with van der Waals surface area (Å²) in [4.78, 5) is 55.8. The number of nitrogens with one attached hydrogen (secondary N) is 2. The van der Waals surface area contributed by atoms with Crippen molar-refractivity contribution < 1.29 is 30.0 Å². The highest BCUT2D eigenvalue weighted by Gasteiger charge is 2.29. The van der Waals surface area contributed by atoms with E-state index in [0.717, 1.165) is 95.8 Å². The number of benzene rings is 2. The lowest BCUT2D eigenvalue weighted by atomic mass is 9.94. The molecule has 3 unspecified atom stereocenters. The van der Waals surface area contributed by atoms with Gasteiger partial charge in [0.1, 0.15) is 6.23 Å². The fraction of sp³-hybridized carbons (Fsp3) is 0.592. The zero-order valence-corrected chi connectivity index (χ0v) is 40.7. The molecule has 2 saturated carbocycles. The summed E-state index contributed by atoms with van der Waals surface area (Å²) >= 11 is 12.6. The molecular weight excluding hydrogens is 899 g/mol. The van der Waals surface area contributed by atoms with Gasteiger partial charge in [-0.15, -0.1) is 0 Å². The molecule has 2 aromatic heterocycles. The van der Waals surface area contributed by atoms with E-state index in [2.05, 4.69) is 15.5 Å². The molecule has 2 aliphatic carbocycles. The predicted octanol–water partition coefficient (Wildman–Crippen LogP) is 5.11. The van der Waals surface area contributed by atoms with Gasteiger partial charge in [-0.2, -0.15) is 0 Å². The van der Waals surface area contributed by atoms with Crippen LogP contribution < -0.4 is 22.0 Å². The van der Waals surface area contributed by atoms with Crippen LogP contribution in [0.25, 0.3) is 11.4 Å². The van der Waals surface area contributed by atoms with Crippen LogP contribution in [0.15, 0.2) is 64.6 Å². The second-order valence-electron chi connectivity index (χ2n) is 19.0. The second-order valence-corrected chi connectivity index (χ2v) is 19.8. The minimum atomic E-state index is -0.928. The van der Waals surface area contributed by atoms with Gasteiger partial charge in [-0.3, -0.25) is 27.9 Å². The minimum Gasteiger partial charge on any atom is -0.390 e. The van der Waals surface area contributed by atoms with Gasteiger partial charge in [0, 0.05) is 49.8 Å². The molecule has 7 rings (SSSR count). The number of aromatic nitrogens is 4. The Morgan fingerprint density at radius 1 is 0.746 bits per heavy atom. The third-order valence-electron chi connectivity index (χ3n) is 13.3. The summed E-state index contributed by atoms with van der Waals surface area (Å²) < 4.78 is 5.87. The highest BCUT2D eigenvalue weighted by molar-refractivity contribution is 6.34. The molecule has 4 aromatic rings. The molecule has 67 heavy (non-hydrogen) atoms. The molecule has 16 nitrogen and oxygen atoms in total. The van der Waals surface area contributed by atoms with Crippen molar-refractivity contribution in [3.05, 3.63) is 103 Å². The Labute approximate surface area is 403 Å². The molecule has 3 fully saturated rings. The number of imidazole rings is 2. The zero-order valence-electron chi connectivity index (χ0n) is 39.2. The Morgan fingerprint density at radius 3 is 1.94 bits per heavy atom. The van der Waals surface area contributed by atoms with E-state index in [4.69, 9.17) is 23.2 Å². The molecule has 3 aliphatic rings. The number of nitrogens with zero attached hydrogens (tertiary/aromatic N) is 6. The Hall–Kier alpha value is -4.26. The fourth-order valence-electron chi connectivity index (χ4n) is 9.52. The number of aliphatic hydroxyl groups is 4. The summed E-state index contributed by atoms with van der Waals surface area (Å²) in [5.74, 6) is -0.809. The van der Waals surface area contributed by atoms with E-state index in [0.29, 0.717) is 37.3 Å². The monoisotopic (exact) mass is 968 g/mol. The lowest BCUT2D eigenvalue weighted by Crippen LogP contribution is -2.42. The molecule has 0 radical (unpaired) electrons. The fourth-order valence-corrected chi connectivity index (χ4v) is 9.93. The molecule has 3 atom stereocenters. The Bertz CT molecular complexity index is 2370. The van der Waals surface area contributed by atoms with Crippen molar-refractivity contribution in [3.63, 3.8) is 0 Å². The topological polar surface area (TPSA) is 199 Å². The minimum absolute atomic E-state index is 0.0358. The number of carbonyl (C=O) groups excluding carboxylic acids is 2. The van der Waals surface area contributed by atoms with Crippen molar-refractivity contribution >= 4 is 35.0 Å². The molecular formula is C49H70Cl2N8O8. The maximum absolute atomic E-state index is 13.2. The van der Waals surface area contributed by atoms with Gasteiger partial charge in [-0.05, 0) is 109 Å². The molecule has 0 spiro atoms. The largest absolute Gasteiger partial charge is 0.390 e. The number of carbonyl (C=O) groups is 2. The lowest BCUT2D eigenvalue weighted by Gasteiger charge is -2.26. The molecule has 2 aromatic carbocycles. The van der Waals surface area contributed by atoms with Crippen molar-refractivity contribution in [2.24, 2.45) is 5.92 Å². The molecule has 18 heteroatoms. The third kappa shape index (κ3) is 14.4. The van der Waals surface area contributed by atoms with Crippen molar-refractivity contribution in [2.45, 2.75) is 134 Å². The quantitative estimate of drug-likeness (QED) is 0.0649. The van der Waals surface area contributed by atoms with E-state index in [1.807, 2.05) is 25.9 Å². The average molecular weight is 970 g/mol. The number of hydrogen-bond donors (Lipinski definition) is 6. The maximum atomic E-state index is 13.2. The van der Waals surface area contributed by atoms with Crippen LogP contribution in [0.4, 0.5) is 0 Å². The van der Waals surface area contributed by atoms with Gasteiger partial charge in [0.05, 0.1) is 63.4 Å². The summed E-state index contributed by atoms with van der Waals surface area (Å²) in [6, 6.07) is 9.66. The van der Waals surface area contributed by atoms with E-state index in [-0.39, 0.29) is 64.0 Å². The first-order chi connectivity index (χ1) is 32.0. The summed E-state index contributed by atoms with van der Waals surface area (Å²) in [6.45, 7) is 5.35. The van der Waals surface area contributed by atoms with Crippen LogP contribution in [-0.4, -0.2) is 131 Å². The van der Waals surface area contributed by atoms with Gasteiger partial charge in [-0.25, -0.2) is 9.59 Å². The smallest absolute Gasteiger partial charge is 0.333 e. The number of β-amino-alcohol motifs (C(OH)–C–C–N with tert-alkyl or cyclic N) is 1. The van der Waals surface area contributed by atoms with Gasteiger partial charge < -0.3 is 40.9 Å². The standard InChI is InChI=1S/C26H37ClN4O4.C23H33ClN4O4/c1-19-15-31(25(34)30(19)17-21(32)16-29-12-6-7-13-29)20-8-9-23(27)22(14-20)24(33)28-18-26(35)10-4-2-3-5-11-26;1-26(2)14-18(29)15-27-11-12-28(23(27)32)17-9-10-20(24)19(13-17)22(31)25-21(30)16-7-5-3-4-6-8-16/h8-9,14-15,21,32,35H,2-7,10-13,16-18H2,1H3,(H,28,33);9-13,16,18,21,29-30H,3-8,14-15H2,1-2H3,(H,25,31). The van der Waals surface area contributed by atoms with Gasteiger partial charge in [-0.1, -0.05) is 74.6 Å². The summed E-state index contributed by atoms with van der Waals surface area (Å²) in [7, 11) is 3.70. The van der Waals surface area contributed by atoms with Crippen molar-refractivity contribution in [1.82, 2.24) is 38.7 Å². The normalized spacial score (nSPS) is 18.4. The third-order valence-corrected chi connectivity index (χ3v) is 13.9. The Balaban J connectivity index is 0.000000222. The van der Waals surface area contributed by atoms with E-state index in [9.17, 15) is 39.6 Å². The van der Waals surface area contributed by atoms with Crippen LogP contribution in [0.5, 0.6) is 0 Å². The molecule has 368 valence electrons. The Morgan fingerprint density at radius 2 is 1.33 bits per heavy atom. The first-order valence-electron chi connectivity index (χ1n) is 23.9. The molecule has 0 bridgehead atoms. The zero-order chi connectivity index (χ0) is 48.3. The van der Waals surface area contributed by atoms with E-state index in [1.54, 1.807) is 59.6 Å². The predicted molar refractivity (Wildman–Crippen MR) is 261 cm³/mol. The van der Waals surface area contributed by atoms with Gasteiger partial charge in [0.2, 0.25) is 0 Å². The number of aryl methyl sites for hydroxylation is 1. The number of likely N-dealkylation sites (N-methyl/N-ethyl adjacent to an activating group) is 1. The first kappa shape index (κ1) is 52.1. The van der Waals surface area contributed by atoms with Crippen molar-refractivity contribution in [3.8, 4) is 11.4 Å². The van der Waals surface area contributed by atoms with Crippen molar-refractivity contribution in [1.29, 1.82) is 0 Å². The summed E-state index contributed by atoms with van der Waals surface area (Å²) in [5, 5.41) is 48.1. The highest BCUT2D eigenvalue weighted by atomic mass is 35.5. The van der Waals surface area contributed by atoms with Crippen LogP contribution in [0.3, 0.4) is 0 Å². The number of rotatable bonds is 16. The SMILES string of the molecule is CN(C)CC(O)Cn1ccn(-c2ccc(Cl)c(C(=O)NC(O)C3CCCCCC3)c2)c1=O.Cc1cn(-c2ccc(Cl)c(C(=O)NCC3(O)CCCCCC3)c2)c(=O)n1CC(O)CN1CCCC1. The molecule has 2 amide bonds. The summed E-state index contributed by atoms with van der Waals surface area (Å²) in [5.41, 5.74) is 0.698. The van der Waals surface area contributed by atoms with Crippen LogP contribution in [-0.2, 0) is 13.1 Å². The number of aliphatic hydroxyl groups excluding tert-OH is 3. The summed E-state index contributed by atoms with van der Waals surface area (Å²) in [6.07, 6.45) is 16.6. The Kier molecular flexibility index (Phi) is 18.9. The number of likely N-dealkylation sites (tertiary alicyclic amines) is 1. The molecule has 3 heterocycles.